The molecule has 0 amide bonds. The summed E-state index contributed by atoms with van der Waals surface area (Å²) in [7, 11) is 0. The van der Waals surface area contributed by atoms with Gasteiger partial charge in [-0.2, -0.15) is 0 Å². The Balaban J connectivity index is 1.03. The average molecular weight is 764 g/mol. The van der Waals surface area contributed by atoms with Gasteiger partial charge in [-0.25, -0.2) is 9.97 Å². The normalized spacial score (nSPS) is 12.8. The molecule has 0 saturated carbocycles. The van der Waals surface area contributed by atoms with E-state index in [1.807, 2.05) is 6.07 Å². The van der Waals surface area contributed by atoms with Crippen molar-refractivity contribution >= 4 is 32.7 Å². The van der Waals surface area contributed by atoms with Gasteiger partial charge in [0.1, 0.15) is 5.82 Å². The van der Waals surface area contributed by atoms with E-state index in [0.717, 1.165) is 66.8 Å². The van der Waals surface area contributed by atoms with Crippen molar-refractivity contribution in [3.05, 3.63) is 247 Å². The summed E-state index contributed by atoms with van der Waals surface area (Å²) in [6.07, 6.45) is 0. The predicted octanol–water partition coefficient (Wildman–Crippen LogP) is 14.1. The van der Waals surface area contributed by atoms with Crippen molar-refractivity contribution < 1.29 is 0 Å². The third-order valence-corrected chi connectivity index (χ3v) is 12.5. The van der Waals surface area contributed by atoms with Crippen molar-refractivity contribution in [2.75, 3.05) is 0 Å². The zero-order valence-electron chi connectivity index (χ0n) is 32.7. The van der Waals surface area contributed by atoms with Crippen LogP contribution in [0.15, 0.2) is 224 Å². The Morgan fingerprint density at radius 3 is 1.77 bits per heavy atom. The van der Waals surface area contributed by atoms with Gasteiger partial charge in [0, 0.05) is 33.0 Å². The highest BCUT2D eigenvalue weighted by Crippen LogP contribution is 2.58. The van der Waals surface area contributed by atoms with Crippen LogP contribution in [0, 0.1) is 0 Å². The Bertz CT molecular complexity index is 3360. The smallest absolute Gasteiger partial charge is 0.145 e. The van der Waals surface area contributed by atoms with Gasteiger partial charge in [-0.3, -0.25) is 4.57 Å². The largest absolute Gasteiger partial charge is 0.292 e. The summed E-state index contributed by atoms with van der Waals surface area (Å²) in [5.74, 6) is 0.928. The number of para-hydroxylation sites is 3. The van der Waals surface area contributed by atoms with Crippen molar-refractivity contribution in [3.63, 3.8) is 0 Å². The molecule has 12 rings (SSSR count). The molecule has 0 spiro atoms. The standard InChI is InChI=1S/C57H37N3/c1-4-17-40(18-5-1)56-59-51-29-14-15-30-52(51)60(56)44-24-16-19-41(37-44)38-31-33-39(34-32-38)55-47-35-36-49-54(53(47)46-26-11-13-28-50(46)58-55)45-25-10-12-27-48(45)57(49,42-20-6-2-7-21-42)43-22-8-3-9-23-43/h1-37H. The molecule has 0 aliphatic heterocycles. The first kappa shape index (κ1) is 34.2. The van der Waals surface area contributed by atoms with E-state index in [2.05, 4.69) is 223 Å². The van der Waals surface area contributed by atoms with Gasteiger partial charge in [-0.15, -0.1) is 0 Å². The van der Waals surface area contributed by atoms with Crippen LogP contribution in [0.5, 0.6) is 0 Å². The van der Waals surface area contributed by atoms with Crippen LogP contribution in [0.25, 0.3) is 83.3 Å². The summed E-state index contributed by atoms with van der Waals surface area (Å²) in [6, 6.07) is 80.9. The second-order valence-electron chi connectivity index (χ2n) is 15.7. The molecule has 9 aromatic carbocycles. The van der Waals surface area contributed by atoms with Gasteiger partial charge in [0.05, 0.1) is 27.7 Å². The fourth-order valence-electron chi connectivity index (χ4n) is 9.91. The van der Waals surface area contributed by atoms with Crippen LogP contribution in [-0.4, -0.2) is 14.5 Å². The van der Waals surface area contributed by atoms with Gasteiger partial charge in [-0.05, 0) is 74.8 Å². The fraction of sp³-hybridized carbons (Fsp3) is 0.0175. The maximum absolute atomic E-state index is 5.42. The van der Waals surface area contributed by atoms with Gasteiger partial charge in [0.25, 0.3) is 0 Å². The van der Waals surface area contributed by atoms with Crippen LogP contribution in [0.2, 0.25) is 0 Å². The zero-order chi connectivity index (χ0) is 39.6. The number of imidazole rings is 1. The van der Waals surface area contributed by atoms with Crippen LogP contribution in [0.4, 0.5) is 0 Å². The molecule has 0 fully saturated rings. The molecular weight excluding hydrogens is 727 g/mol. The highest BCUT2D eigenvalue weighted by Gasteiger charge is 2.46. The third kappa shape index (κ3) is 5.09. The van der Waals surface area contributed by atoms with Gasteiger partial charge >= 0.3 is 0 Å². The van der Waals surface area contributed by atoms with Crippen LogP contribution in [-0.2, 0) is 5.41 Å². The van der Waals surface area contributed by atoms with Crippen molar-refractivity contribution in [3.8, 4) is 50.6 Å². The maximum Gasteiger partial charge on any atom is 0.145 e. The molecule has 0 bridgehead atoms. The molecule has 0 atom stereocenters. The fourth-order valence-corrected chi connectivity index (χ4v) is 9.91. The summed E-state index contributed by atoms with van der Waals surface area (Å²) in [5.41, 5.74) is 16.7. The summed E-state index contributed by atoms with van der Waals surface area (Å²) >= 11 is 0. The molecule has 0 unspecified atom stereocenters. The third-order valence-electron chi connectivity index (χ3n) is 12.5. The van der Waals surface area contributed by atoms with Crippen LogP contribution in [0.1, 0.15) is 22.3 Å². The number of nitrogens with zero attached hydrogens (tertiary/aromatic N) is 3. The Hall–Kier alpha value is -7.88. The highest BCUT2D eigenvalue weighted by molar-refractivity contribution is 6.19. The van der Waals surface area contributed by atoms with E-state index in [-0.39, 0.29) is 0 Å². The van der Waals surface area contributed by atoms with Crippen molar-refractivity contribution in [2.45, 2.75) is 5.41 Å². The lowest BCUT2D eigenvalue weighted by atomic mass is 9.67. The number of pyridine rings is 1. The van der Waals surface area contributed by atoms with E-state index < -0.39 is 5.41 Å². The summed E-state index contributed by atoms with van der Waals surface area (Å²) in [4.78, 5) is 10.5. The topological polar surface area (TPSA) is 30.7 Å². The van der Waals surface area contributed by atoms with E-state index in [1.165, 1.54) is 38.8 Å². The lowest BCUT2D eigenvalue weighted by Crippen LogP contribution is -2.28. The maximum atomic E-state index is 5.42. The molecule has 1 aliphatic rings. The Morgan fingerprint density at radius 2 is 1.00 bits per heavy atom. The number of hydrogen-bond donors (Lipinski definition) is 0. The van der Waals surface area contributed by atoms with E-state index >= 15 is 0 Å². The predicted molar refractivity (Wildman–Crippen MR) is 247 cm³/mol. The summed E-state index contributed by atoms with van der Waals surface area (Å²) in [5, 5.41) is 3.55. The van der Waals surface area contributed by atoms with Crippen LogP contribution in [0.3, 0.4) is 0 Å². The van der Waals surface area contributed by atoms with Gasteiger partial charge in [-0.1, -0.05) is 194 Å². The molecule has 3 nitrogen and oxygen atoms in total. The van der Waals surface area contributed by atoms with Crippen LogP contribution < -0.4 is 0 Å². The van der Waals surface area contributed by atoms with E-state index in [9.17, 15) is 0 Å². The monoisotopic (exact) mass is 763 g/mol. The Kier molecular flexibility index (Phi) is 7.76. The molecule has 2 aromatic heterocycles. The summed E-state index contributed by atoms with van der Waals surface area (Å²) < 4.78 is 2.27. The van der Waals surface area contributed by atoms with E-state index in [0.29, 0.717) is 0 Å². The Labute approximate surface area is 348 Å². The number of benzene rings is 9. The zero-order valence-corrected chi connectivity index (χ0v) is 32.7. The molecule has 0 saturated heterocycles. The number of fused-ring (bicyclic) bond motifs is 8. The summed E-state index contributed by atoms with van der Waals surface area (Å²) in [6.45, 7) is 0. The molecule has 0 radical (unpaired) electrons. The minimum Gasteiger partial charge on any atom is -0.292 e. The first-order valence-corrected chi connectivity index (χ1v) is 20.6. The lowest BCUT2D eigenvalue weighted by molar-refractivity contribution is 0.769. The minimum atomic E-state index is -0.478. The lowest BCUT2D eigenvalue weighted by Gasteiger charge is -2.34. The molecule has 280 valence electrons. The second kappa shape index (κ2) is 13.6. The first-order chi connectivity index (χ1) is 29.8. The SMILES string of the molecule is c1ccc(-c2nc3ccccc3n2-c2cccc(-c3ccc(-c4nc5ccccc5c5c6c(ccc45)C(c4ccccc4)(c4ccccc4)c4ccccc4-6)cc3)c2)cc1. The molecule has 0 N–H and O–H groups in total. The molecule has 1 aliphatic carbocycles. The highest BCUT2D eigenvalue weighted by atomic mass is 15.1. The van der Waals surface area contributed by atoms with Gasteiger partial charge < -0.3 is 0 Å². The molecule has 3 heteroatoms. The molecular formula is C57H37N3. The van der Waals surface area contributed by atoms with E-state index in [1.54, 1.807) is 0 Å². The first-order valence-electron chi connectivity index (χ1n) is 20.6. The van der Waals surface area contributed by atoms with E-state index in [4.69, 9.17) is 9.97 Å². The van der Waals surface area contributed by atoms with Gasteiger partial charge in [0.15, 0.2) is 0 Å². The minimum absolute atomic E-state index is 0.478. The second-order valence-corrected chi connectivity index (χ2v) is 15.7. The number of aromatic nitrogens is 3. The quantitative estimate of drug-likeness (QED) is 0.158. The van der Waals surface area contributed by atoms with Crippen molar-refractivity contribution in [2.24, 2.45) is 0 Å². The van der Waals surface area contributed by atoms with Gasteiger partial charge in [0.2, 0.25) is 0 Å². The molecule has 60 heavy (non-hydrogen) atoms. The molecule has 2 heterocycles. The molecule has 11 aromatic rings. The average Bonchev–Trinajstić information content (AvgIpc) is 3.87. The van der Waals surface area contributed by atoms with Crippen LogP contribution >= 0.6 is 0 Å². The van der Waals surface area contributed by atoms with Crippen molar-refractivity contribution in [1.82, 2.24) is 14.5 Å². The Morgan fingerprint density at radius 1 is 0.383 bits per heavy atom. The number of hydrogen-bond acceptors (Lipinski definition) is 2. The van der Waals surface area contributed by atoms with Crippen molar-refractivity contribution in [1.29, 1.82) is 0 Å². The number of rotatable bonds is 6.